The van der Waals surface area contributed by atoms with E-state index in [0.717, 1.165) is 0 Å². The number of carbonyl (C=O) groups excluding carboxylic acids is 1. The number of carboxylic acids is 1. The zero-order valence-corrected chi connectivity index (χ0v) is 9.31. The first-order valence-electron chi connectivity index (χ1n) is 4.61. The van der Waals surface area contributed by atoms with E-state index in [2.05, 4.69) is 11.6 Å². The van der Waals surface area contributed by atoms with E-state index >= 15 is 0 Å². The number of hydrogen-bond donors (Lipinski definition) is 0. The maximum Gasteiger partial charge on any atom is 0.313 e. The predicted octanol–water partition coefficient (Wildman–Crippen LogP) is 1.58. The number of allylic oxidation sites excluding steroid dienone is 2. The molecule has 0 aromatic heterocycles. The fraction of sp³-hybridized carbons (Fsp3) is 0.400. The third-order valence-electron chi connectivity index (χ3n) is 2.27. The molecule has 1 unspecified atom stereocenters. The lowest BCUT2D eigenvalue weighted by Gasteiger charge is -2.35. The highest BCUT2D eigenvalue weighted by atomic mass is 35.5. The van der Waals surface area contributed by atoms with Gasteiger partial charge in [0, 0.05) is 6.08 Å². The Balaban J connectivity index is 3.26. The van der Waals surface area contributed by atoms with Crippen LogP contribution in [0.4, 0.5) is 13.2 Å². The minimum atomic E-state index is -4.29. The van der Waals surface area contributed by atoms with Crippen LogP contribution in [-0.2, 0) is 4.79 Å². The third kappa shape index (κ3) is 2.22. The van der Waals surface area contributed by atoms with Crippen molar-refractivity contribution in [2.45, 2.75) is 24.4 Å². The molecule has 0 spiro atoms. The average molecular weight is 267 g/mol. The van der Waals surface area contributed by atoms with Crippen LogP contribution < -0.4 is 5.11 Å². The van der Waals surface area contributed by atoms with Crippen LogP contribution in [0.2, 0.25) is 0 Å². The highest BCUT2D eigenvalue weighted by Gasteiger charge is 2.60. The van der Waals surface area contributed by atoms with Crippen molar-refractivity contribution in [3.63, 3.8) is 0 Å². The lowest BCUT2D eigenvalue weighted by molar-refractivity contribution is -0.323. The Hall–Kier alpha value is -1.30. The summed E-state index contributed by atoms with van der Waals surface area (Å²) in [6.45, 7) is 3.32. The van der Waals surface area contributed by atoms with E-state index in [1.165, 1.54) is 6.08 Å². The van der Waals surface area contributed by atoms with Gasteiger partial charge in [-0.25, -0.2) is 9.38 Å². The van der Waals surface area contributed by atoms with Crippen LogP contribution in [0.15, 0.2) is 28.9 Å². The smallest absolute Gasteiger partial charge is 0.313 e. The molecular weight excluding hydrogens is 259 g/mol. The molecule has 0 bridgehead atoms. The molecule has 94 valence electrons. The van der Waals surface area contributed by atoms with Crippen molar-refractivity contribution in [3.8, 4) is 0 Å². The number of alkyl halides is 3. The molecule has 7 heteroatoms. The van der Waals surface area contributed by atoms with Crippen LogP contribution in [0, 0.1) is 0 Å². The minimum Gasteiger partial charge on any atom is -0.546 e. The van der Waals surface area contributed by atoms with Crippen LogP contribution in [-0.4, -0.2) is 23.3 Å². The van der Waals surface area contributed by atoms with Gasteiger partial charge in [-0.2, -0.15) is 8.78 Å². The number of rotatable bonds is 4. The third-order valence-corrected chi connectivity index (χ3v) is 2.46. The summed E-state index contributed by atoms with van der Waals surface area (Å²) in [5.41, 5.74) is -4.83. The van der Waals surface area contributed by atoms with E-state index in [9.17, 15) is 23.1 Å². The fourth-order valence-electron chi connectivity index (χ4n) is 1.40. The molecule has 1 aliphatic rings. The van der Waals surface area contributed by atoms with E-state index in [0.29, 0.717) is 0 Å². The van der Waals surface area contributed by atoms with Gasteiger partial charge in [-0.1, -0.05) is 17.7 Å². The fourth-order valence-corrected chi connectivity index (χ4v) is 1.64. The molecule has 1 heterocycles. The predicted molar refractivity (Wildman–Crippen MR) is 54.6 cm³/mol. The highest BCUT2D eigenvalue weighted by Crippen LogP contribution is 2.41. The van der Waals surface area contributed by atoms with Crippen molar-refractivity contribution >= 4 is 23.3 Å². The molecule has 1 rings (SSSR count). The maximum absolute atomic E-state index is 14.0. The molecule has 17 heavy (non-hydrogen) atoms. The Morgan fingerprint density at radius 1 is 1.59 bits per heavy atom. The highest BCUT2D eigenvalue weighted by molar-refractivity contribution is 6.31. The van der Waals surface area contributed by atoms with Crippen molar-refractivity contribution < 1.29 is 23.1 Å². The second kappa shape index (κ2) is 4.52. The molecule has 1 aliphatic heterocycles. The van der Waals surface area contributed by atoms with Gasteiger partial charge in [0.15, 0.2) is 0 Å². The minimum absolute atomic E-state index is 0.0399. The Morgan fingerprint density at radius 2 is 2.18 bits per heavy atom. The lowest BCUT2D eigenvalue weighted by atomic mass is 9.87. The summed E-state index contributed by atoms with van der Waals surface area (Å²) in [6.07, 6.45) is 1.05. The molecule has 0 aliphatic carbocycles. The lowest BCUT2D eigenvalue weighted by Crippen LogP contribution is -2.62. The van der Waals surface area contributed by atoms with E-state index < -0.39 is 28.4 Å². The monoisotopic (exact) mass is 266 g/mol. The van der Waals surface area contributed by atoms with Gasteiger partial charge in [-0.05, 0) is 12.8 Å². The molecule has 0 radical (unpaired) electrons. The number of aliphatic imine (C=N–C) groups is 1. The maximum atomic E-state index is 14.0. The average Bonchev–Trinajstić information content (AvgIpc) is 2.20. The number of carboxylic acid groups (broad SMARTS) is 1. The molecule has 3 nitrogen and oxygen atoms in total. The molecule has 0 aromatic rings. The number of aliphatic carboxylic acids is 1. The second-order valence-corrected chi connectivity index (χ2v) is 3.81. The SMILES string of the molecule is C=CCCC1=NC(Cl)=CC(F)(F)C1(F)C(=O)[O-]. The van der Waals surface area contributed by atoms with Gasteiger partial charge >= 0.3 is 5.92 Å². The Bertz CT molecular complexity index is 420. The second-order valence-electron chi connectivity index (χ2n) is 3.42. The van der Waals surface area contributed by atoms with Crippen molar-refractivity contribution in [2.24, 2.45) is 4.99 Å². The largest absolute Gasteiger partial charge is 0.546 e. The first-order valence-corrected chi connectivity index (χ1v) is 4.99. The van der Waals surface area contributed by atoms with Crippen LogP contribution in [0.1, 0.15) is 12.8 Å². The first kappa shape index (κ1) is 13.8. The van der Waals surface area contributed by atoms with Crippen molar-refractivity contribution in [2.75, 3.05) is 0 Å². The number of nitrogens with zero attached hydrogens (tertiary/aromatic N) is 1. The van der Waals surface area contributed by atoms with Crippen LogP contribution in [0.5, 0.6) is 0 Å². The summed E-state index contributed by atoms with van der Waals surface area (Å²) >= 11 is 5.29. The summed E-state index contributed by atoms with van der Waals surface area (Å²) in [7, 11) is 0. The van der Waals surface area contributed by atoms with E-state index in [4.69, 9.17) is 11.6 Å². The van der Waals surface area contributed by atoms with Gasteiger partial charge < -0.3 is 9.90 Å². The summed E-state index contributed by atoms with van der Waals surface area (Å²) in [6, 6.07) is 0. The van der Waals surface area contributed by atoms with E-state index in [-0.39, 0.29) is 18.9 Å². The normalized spacial score (nSPS) is 27.1. The van der Waals surface area contributed by atoms with Crippen LogP contribution in [0.3, 0.4) is 0 Å². The van der Waals surface area contributed by atoms with Gasteiger partial charge in [0.1, 0.15) is 5.16 Å². The van der Waals surface area contributed by atoms with Gasteiger partial charge in [0.05, 0.1) is 11.7 Å². The van der Waals surface area contributed by atoms with Gasteiger partial charge in [-0.15, -0.1) is 6.58 Å². The van der Waals surface area contributed by atoms with Crippen molar-refractivity contribution in [1.29, 1.82) is 0 Å². The Labute approximate surface area is 100 Å². The number of hydrogen-bond acceptors (Lipinski definition) is 3. The van der Waals surface area contributed by atoms with E-state index in [1.807, 2.05) is 0 Å². The van der Waals surface area contributed by atoms with Crippen molar-refractivity contribution in [3.05, 3.63) is 23.9 Å². The number of carbonyl (C=O) groups is 1. The standard InChI is InChI=1S/C10H9ClF3NO2/c1-2-3-4-6-10(14,8(16)17)9(12,13)5-7(11)15-6/h2,5H,1,3-4H2,(H,16,17)/p-1. The zero-order valence-electron chi connectivity index (χ0n) is 8.55. The summed E-state index contributed by atoms with van der Waals surface area (Å²) in [4.78, 5) is 13.9. The van der Waals surface area contributed by atoms with Crippen molar-refractivity contribution in [1.82, 2.24) is 0 Å². The number of halogens is 4. The Morgan fingerprint density at radius 3 is 2.65 bits per heavy atom. The zero-order chi connectivity index (χ0) is 13.3. The van der Waals surface area contributed by atoms with Gasteiger partial charge in [0.2, 0.25) is 0 Å². The van der Waals surface area contributed by atoms with Gasteiger partial charge in [0.25, 0.3) is 5.67 Å². The molecule has 1 atom stereocenters. The molecule has 0 N–H and O–H groups in total. The summed E-state index contributed by atoms with van der Waals surface area (Å²) in [5.74, 6) is -6.83. The molecule has 0 saturated heterocycles. The summed E-state index contributed by atoms with van der Waals surface area (Å²) in [5, 5.41) is 9.98. The van der Waals surface area contributed by atoms with E-state index in [1.54, 1.807) is 0 Å². The molecular formula is C10H8ClF3NO2-. The van der Waals surface area contributed by atoms with Crippen LogP contribution in [0.25, 0.3) is 0 Å². The summed E-state index contributed by atoms with van der Waals surface area (Å²) < 4.78 is 40.7. The van der Waals surface area contributed by atoms with Gasteiger partial charge in [-0.3, -0.25) is 0 Å². The molecule has 0 amide bonds. The Kier molecular flexibility index (Phi) is 3.66. The molecule has 0 saturated carbocycles. The first-order chi connectivity index (χ1) is 7.75. The molecule has 0 fully saturated rings. The topological polar surface area (TPSA) is 52.5 Å². The quantitative estimate of drug-likeness (QED) is 0.573. The van der Waals surface area contributed by atoms with Crippen LogP contribution >= 0.6 is 11.6 Å². The molecule has 0 aromatic carbocycles.